The van der Waals surface area contributed by atoms with Gasteiger partial charge >= 0.3 is 0 Å². The largest absolute Gasteiger partial charge is 0.381 e. The van der Waals surface area contributed by atoms with Crippen LogP contribution >= 0.6 is 11.3 Å². The lowest BCUT2D eigenvalue weighted by molar-refractivity contribution is 0.0663. The molecule has 1 saturated heterocycles. The quantitative estimate of drug-likeness (QED) is 0.307. The number of hydrogen-bond acceptors (Lipinski definition) is 7. The van der Waals surface area contributed by atoms with E-state index in [1.807, 2.05) is 24.5 Å². The minimum Gasteiger partial charge on any atom is -0.381 e. The van der Waals surface area contributed by atoms with Crippen LogP contribution in [0.25, 0.3) is 21.3 Å². The van der Waals surface area contributed by atoms with Crippen molar-refractivity contribution in [2.75, 3.05) is 32.6 Å². The lowest BCUT2D eigenvalue weighted by Gasteiger charge is -2.21. The molecule has 1 aromatic carbocycles. The number of nitrogens with one attached hydrogen (secondary N) is 1. The second kappa shape index (κ2) is 11.0. The fourth-order valence-corrected chi connectivity index (χ4v) is 5.98. The second-order valence-electron chi connectivity index (χ2n) is 10.0. The maximum atomic E-state index is 5.53. The average Bonchev–Trinajstić information content (AvgIpc) is 3.35. The molecular weight excluding hydrogens is 466 g/mol. The topological polar surface area (TPSA) is 63.2 Å². The van der Waals surface area contributed by atoms with Crippen LogP contribution in [0.15, 0.2) is 48.7 Å². The summed E-state index contributed by atoms with van der Waals surface area (Å²) in [5, 5.41) is 4.73. The Bertz CT molecular complexity index is 1330. The van der Waals surface area contributed by atoms with Crippen molar-refractivity contribution in [2.45, 2.75) is 45.7 Å². The van der Waals surface area contributed by atoms with Crippen LogP contribution < -0.4 is 5.32 Å². The van der Waals surface area contributed by atoms with Crippen molar-refractivity contribution in [2.24, 2.45) is 5.92 Å². The van der Waals surface area contributed by atoms with E-state index in [2.05, 4.69) is 78.7 Å². The zero-order chi connectivity index (χ0) is 25.1. The number of anilines is 1. The normalized spacial score (nSPS) is 15.5. The Labute approximate surface area is 217 Å². The fourth-order valence-electron chi connectivity index (χ4n) is 4.91. The van der Waals surface area contributed by atoms with Crippen molar-refractivity contribution in [3.05, 3.63) is 70.6 Å². The van der Waals surface area contributed by atoms with E-state index in [1.165, 1.54) is 20.9 Å². The molecule has 3 aromatic heterocycles. The summed E-state index contributed by atoms with van der Waals surface area (Å²) in [6.07, 6.45) is 5.08. The summed E-state index contributed by atoms with van der Waals surface area (Å²) in [4.78, 5) is 19.0. The van der Waals surface area contributed by atoms with E-state index in [9.17, 15) is 0 Å². The lowest BCUT2D eigenvalue weighted by atomic mass is 9.94. The zero-order valence-electron chi connectivity index (χ0n) is 21.6. The van der Waals surface area contributed by atoms with Crippen molar-refractivity contribution in [1.82, 2.24) is 19.9 Å². The molecule has 1 N–H and O–H groups in total. The summed E-state index contributed by atoms with van der Waals surface area (Å²) in [5.41, 5.74) is 4.64. The Hall–Kier alpha value is -2.87. The molecule has 7 heteroatoms. The first-order valence-electron chi connectivity index (χ1n) is 12.8. The molecule has 4 heterocycles. The first-order valence-corrected chi connectivity index (χ1v) is 13.6. The molecule has 0 saturated carbocycles. The molecule has 0 bridgehead atoms. The Morgan fingerprint density at radius 3 is 2.72 bits per heavy atom. The van der Waals surface area contributed by atoms with Crippen LogP contribution in [0, 0.1) is 12.8 Å². The number of hydrogen-bond donors (Lipinski definition) is 1. The van der Waals surface area contributed by atoms with E-state index in [4.69, 9.17) is 14.7 Å². The van der Waals surface area contributed by atoms with E-state index in [-0.39, 0.29) is 6.04 Å². The van der Waals surface area contributed by atoms with Crippen molar-refractivity contribution >= 4 is 28.1 Å². The predicted molar refractivity (Wildman–Crippen MR) is 149 cm³/mol. The number of aryl methyl sites for hydroxylation is 1. The molecule has 0 aliphatic carbocycles. The van der Waals surface area contributed by atoms with E-state index < -0.39 is 0 Å². The first kappa shape index (κ1) is 24.8. The molecule has 1 fully saturated rings. The smallest absolute Gasteiger partial charge is 0.138 e. The maximum Gasteiger partial charge on any atom is 0.138 e. The van der Waals surface area contributed by atoms with Gasteiger partial charge in [0.2, 0.25) is 0 Å². The van der Waals surface area contributed by atoms with Crippen LogP contribution in [0.4, 0.5) is 5.82 Å². The maximum absolute atomic E-state index is 5.53. The van der Waals surface area contributed by atoms with Gasteiger partial charge in [-0.2, -0.15) is 0 Å². The van der Waals surface area contributed by atoms with E-state index >= 15 is 0 Å². The standard InChI is InChI=1S/C29H35N5OS/c1-19(27-9-10-28(36-27)24-8-6-5-7-22(24)18-34(3)4)31-29-25-16-23(15-21-11-13-35-14-12-21)30-17-26(25)32-20(2)33-29/h5-10,16-17,19,21H,11-15,18H2,1-4H3,(H,31,32,33). The minimum atomic E-state index is 0.120. The number of fused-ring (bicyclic) bond motifs is 1. The third kappa shape index (κ3) is 5.75. The van der Waals surface area contributed by atoms with Gasteiger partial charge in [-0.3, -0.25) is 4.98 Å². The second-order valence-corrected chi connectivity index (χ2v) is 11.2. The van der Waals surface area contributed by atoms with Crippen molar-refractivity contribution in [3.63, 3.8) is 0 Å². The van der Waals surface area contributed by atoms with Crippen molar-refractivity contribution in [1.29, 1.82) is 0 Å². The summed E-state index contributed by atoms with van der Waals surface area (Å²) in [6.45, 7) is 6.78. The number of pyridine rings is 1. The van der Waals surface area contributed by atoms with Gasteiger partial charge in [0.05, 0.1) is 17.8 Å². The molecule has 4 aromatic rings. The molecular formula is C29H35N5OS. The Morgan fingerprint density at radius 2 is 1.92 bits per heavy atom. The van der Waals surface area contributed by atoms with Gasteiger partial charge in [0.25, 0.3) is 0 Å². The molecule has 1 aliphatic heterocycles. The third-order valence-electron chi connectivity index (χ3n) is 6.77. The van der Waals surface area contributed by atoms with Crippen molar-refractivity contribution in [3.8, 4) is 10.4 Å². The average molecular weight is 502 g/mol. The molecule has 1 atom stereocenters. The first-order chi connectivity index (χ1) is 17.5. The molecule has 0 spiro atoms. The molecule has 0 radical (unpaired) electrons. The van der Waals surface area contributed by atoms with E-state index in [1.54, 1.807) is 0 Å². The van der Waals surface area contributed by atoms with Gasteiger partial charge in [0.1, 0.15) is 11.6 Å². The summed E-state index contributed by atoms with van der Waals surface area (Å²) >= 11 is 1.84. The number of nitrogens with zero attached hydrogens (tertiary/aromatic N) is 4. The highest BCUT2D eigenvalue weighted by Gasteiger charge is 2.18. The third-order valence-corrected chi connectivity index (χ3v) is 8.07. The number of ether oxygens (including phenoxy) is 1. The summed E-state index contributed by atoms with van der Waals surface area (Å²) in [7, 11) is 4.22. The summed E-state index contributed by atoms with van der Waals surface area (Å²) in [6, 6.07) is 15.5. The molecule has 5 rings (SSSR count). The molecule has 6 nitrogen and oxygen atoms in total. The zero-order valence-corrected chi connectivity index (χ0v) is 22.4. The summed E-state index contributed by atoms with van der Waals surface area (Å²) in [5.74, 6) is 2.26. The number of rotatable bonds is 8. The highest BCUT2D eigenvalue weighted by molar-refractivity contribution is 7.15. The molecule has 0 amide bonds. The monoisotopic (exact) mass is 501 g/mol. The SMILES string of the molecule is Cc1nc(NC(C)c2ccc(-c3ccccc3CN(C)C)s2)c2cc(CC3CCOCC3)ncc2n1. The van der Waals surface area contributed by atoms with Gasteiger partial charge in [-0.25, -0.2) is 9.97 Å². The summed E-state index contributed by atoms with van der Waals surface area (Å²) < 4.78 is 5.53. The molecule has 1 unspecified atom stereocenters. The van der Waals surface area contributed by atoms with Gasteiger partial charge in [-0.05, 0) is 82.4 Å². The van der Waals surface area contributed by atoms with Gasteiger partial charge in [0, 0.05) is 40.6 Å². The molecule has 1 aliphatic rings. The van der Waals surface area contributed by atoms with Crippen LogP contribution in [-0.2, 0) is 17.7 Å². The fraction of sp³-hybridized carbons (Fsp3) is 0.414. The Balaban J connectivity index is 1.39. The van der Waals surface area contributed by atoms with E-state index in [0.29, 0.717) is 5.92 Å². The number of benzene rings is 1. The van der Waals surface area contributed by atoms with Crippen LogP contribution in [0.3, 0.4) is 0 Å². The van der Waals surface area contributed by atoms with Gasteiger partial charge in [-0.15, -0.1) is 11.3 Å². The predicted octanol–water partition coefficient (Wildman–Crippen LogP) is 6.27. The van der Waals surface area contributed by atoms with Gasteiger partial charge in [0.15, 0.2) is 0 Å². The van der Waals surface area contributed by atoms with Crippen LogP contribution in [0.1, 0.15) is 47.8 Å². The molecule has 188 valence electrons. The highest BCUT2D eigenvalue weighted by Crippen LogP contribution is 2.35. The van der Waals surface area contributed by atoms with Gasteiger partial charge in [-0.1, -0.05) is 24.3 Å². The van der Waals surface area contributed by atoms with Gasteiger partial charge < -0.3 is 15.0 Å². The highest BCUT2D eigenvalue weighted by atomic mass is 32.1. The van der Waals surface area contributed by atoms with E-state index in [0.717, 1.165) is 67.3 Å². The van der Waals surface area contributed by atoms with Crippen LogP contribution in [0.5, 0.6) is 0 Å². The number of thiophene rings is 1. The lowest BCUT2D eigenvalue weighted by Crippen LogP contribution is -2.18. The Morgan fingerprint density at radius 1 is 1.11 bits per heavy atom. The minimum absolute atomic E-state index is 0.120. The number of aromatic nitrogens is 3. The van der Waals surface area contributed by atoms with Crippen LogP contribution in [-0.4, -0.2) is 47.2 Å². The van der Waals surface area contributed by atoms with Crippen molar-refractivity contribution < 1.29 is 4.74 Å². The molecule has 36 heavy (non-hydrogen) atoms. The Kier molecular flexibility index (Phi) is 7.60. The van der Waals surface area contributed by atoms with Crippen LogP contribution in [0.2, 0.25) is 0 Å².